The molecule has 19 heavy (non-hydrogen) atoms. The number of nitrogens with zero attached hydrogens (tertiary/aromatic N) is 2. The number of fused-ring (bicyclic) bond motifs is 1. The largest absolute Gasteiger partial charge is 0.315 e. The highest BCUT2D eigenvalue weighted by atomic mass is 32.2. The molecular weight excluding hydrogens is 282 g/mol. The number of hydrogen-bond donors (Lipinski definition) is 1. The molecule has 2 aliphatic heterocycles. The van der Waals surface area contributed by atoms with E-state index in [1.165, 1.54) is 11.3 Å². The van der Waals surface area contributed by atoms with Gasteiger partial charge >= 0.3 is 0 Å². The minimum Gasteiger partial charge on any atom is -0.315 e. The van der Waals surface area contributed by atoms with Crippen LogP contribution in [0.2, 0.25) is 0 Å². The molecule has 0 spiro atoms. The number of aryl methyl sites for hydroxylation is 1. The Bertz CT molecular complexity index is 545. The standard InChI is InChI=1S/C12H15N3O2S2/c1-7-5-18-11(13-7)14-10(17)8-6-19-12(2)4-3-9(16)15(8)12/h5,8H,3-4,6H2,1-2H3,(H,13,14,17)/t8-,12+/m0/s1. The summed E-state index contributed by atoms with van der Waals surface area (Å²) in [4.78, 5) is 30.0. The van der Waals surface area contributed by atoms with Gasteiger partial charge in [-0.25, -0.2) is 4.98 Å². The Labute approximate surface area is 119 Å². The predicted octanol–water partition coefficient (Wildman–Crippen LogP) is 1.84. The molecule has 1 aromatic heterocycles. The van der Waals surface area contributed by atoms with Crippen LogP contribution in [0.5, 0.6) is 0 Å². The number of carbonyl (C=O) groups is 2. The van der Waals surface area contributed by atoms with Crippen molar-refractivity contribution in [2.75, 3.05) is 11.1 Å². The van der Waals surface area contributed by atoms with E-state index >= 15 is 0 Å². The summed E-state index contributed by atoms with van der Waals surface area (Å²) in [5.41, 5.74) is 0.892. The Morgan fingerprint density at radius 1 is 1.63 bits per heavy atom. The van der Waals surface area contributed by atoms with E-state index in [1.807, 2.05) is 19.2 Å². The fourth-order valence-electron chi connectivity index (χ4n) is 2.61. The summed E-state index contributed by atoms with van der Waals surface area (Å²) in [6, 6.07) is -0.366. The number of rotatable bonds is 2. The SMILES string of the molecule is Cc1csc(NC(=O)[C@@H]2CS[C@]3(C)CCC(=O)N23)n1. The maximum Gasteiger partial charge on any atom is 0.249 e. The second-order valence-electron chi connectivity index (χ2n) is 5.05. The minimum atomic E-state index is -0.366. The highest BCUT2D eigenvalue weighted by Crippen LogP contribution is 2.47. The summed E-state index contributed by atoms with van der Waals surface area (Å²) < 4.78 is 0. The van der Waals surface area contributed by atoms with Crippen molar-refractivity contribution in [3.05, 3.63) is 11.1 Å². The van der Waals surface area contributed by atoms with E-state index in [1.54, 1.807) is 16.7 Å². The summed E-state index contributed by atoms with van der Waals surface area (Å²) in [7, 11) is 0. The molecule has 0 unspecified atom stereocenters. The predicted molar refractivity (Wildman–Crippen MR) is 76.2 cm³/mol. The van der Waals surface area contributed by atoms with Crippen molar-refractivity contribution in [1.82, 2.24) is 9.88 Å². The Morgan fingerprint density at radius 2 is 2.42 bits per heavy atom. The Balaban J connectivity index is 1.76. The molecule has 0 radical (unpaired) electrons. The summed E-state index contributed by atoms with van der Waals surface area (Å²) in [6.45, 7) is 3.93. The molecule has 2 atom stereocenters. The average molecular weight is 297 g/mol. The van der Waals surface area contributed by atoms with Crippen LogP contribution in [0.15, 0.2) is 5.38 Å². The Hall–Kier alpha value is -1.08. The van der Waals surface area contributed by atoms with E-state index in [4.69, 9.17) is 0 Å². The lowest BCUT2D eigenvalue weighted by Gasteiger charge is -2.29. The van der Waals surface area contributed by atoms with Crippen molar-refractivity contribution in [1.29, 1.82) is 0 Å². The third kappa shape index (κ3) is 2.14. The van der Waals surface area contributed by atoms with Gasteiger partial charge in [0.15, 0.2) is 5.13 Å². The van der Waals surface area contributed by atoms with Crippen LogP contribution in [-0.4, -0.2) is 38.4 Å². The van der Waals surface area contributed by atoms with E-state index in [2.05, 4.69) is 10.3 Å². The first-order valence-electron chi connectivity index (χ1n) is 6.19. The highest BCUT2D eigenvalue weighted by molar-refractivity contribution is 8.01. The summed E-state index contributed by atoms with van der Waals surface area (Å²) in [6.07, 6.45) is 1.38. The number of hydrogen-bond acceptors (Lipinski definition) is 5. The fourth-order valence-corrected chi connectivity index (χ4v) is 4.74. The first-order valence-corrected chi connectivity index (χ1v) is 8.05. The van der Waals surface area contributed by atoms with Crippen LogP contribution in [0.4, 0.5) is 5.13 Å². The second-order valence-corrected chi connectivity index (χ2v) is 7.41. The van der Waals surface area contributed by atoms with Gasteiger partial charge in [0.2, 0.25) is 11.8 Å². The molecule has 2 amide bonds. The smallest absolute Gasteiger partial charge is 0.249 e. The monoisotopic (exact) mass is 297 g/mol. The molecule has 2 fully saturated rings. The minimum absolute atomic E-state index is 0.0861. The number of thioether (sulfide) groups is 1. The molecule has 7 heteroatoms. The lowest BCUT2D eigenvalue weighted by atomic mass is 10.2. The molecule has 102 valence electrons. The van der Waals surface area contributed by atoms with Crippen molar-refractivity contribution in [2.24, 2.45) is 0 Å². The highest BCUT2D eigenvalue weighted by Gasteiger charge is 2.52. The quantitative estimate of drug-likeness (QED) is 0.905. The third-order valence-electron chi connectivity index (χ3n) is 3.60. The molecule has 1 N–H and O–H groups in total. The van der Waals surface area contributed by atoms with E-state index < -0.39 is 0 Å². The molecule has 1 aromatic rings. The Kier molecular flexibility index (Phi) is 3.05. The summed E-state index contributed by atoms with van der Waals surface area (Å²) >= 11 is 3.11. The van der Waals surface area contributed by atoms with Gasteiger partial charge in [0.25, 0.3) is 0 Å². The van der Waals surface area contributed by atoms with Crippen LogP contribution in [-0.2, 0) is 9.59 Å². The van der Waals surface area contributed by atoms with Gasteiger partial charge in [0.1, 0.15) is 6.04 Å². The first kappa shape index (κ1) is 12.9. The van der Waals surface area contributed by atoms with Gasteiger partial charge in [-0.3, -0.25) is 9.59 Å². The normalized spacial score (nSPS) is 29.7. The van der Waals surface area contributed by atoms with Crippen LogP contribution < -0.4 is 5.32 Å². The number of amides is 2. The van der Waals surface area contributed by atoms with Crippen LogP contribution in [0.25, 0.3) is 0 Å². The molecule has 0 bridgehead atoms. The topological polar surface area (TPSA) is 62.3 Å². The fraction of sp³-hybridized carbons (Fsp3) is 0.583. The van der Waals surface area contributed by atoms with Gasteiger partial charge < -0.3 is 10.2 Å². The van der Waals surface area contributed by atoms with Crippen LogP contribution >= 0.6 is 23.1 Å². The van der Waals surface area contributed by atoms with Gasteiger partial charge in [0.05, 0.1) is 10.6 Å². The van der Waals surface area contributed by atoms with Crippen LogP contribution in [0.1, 0.15) is 25.5 Å². The maximum atomic E-state index is 12.3. The maximum absolute atomic E-state index is 12.3. The number of thiazole rings is 1. The van der Waals surface area contributed by atoms with Crippen molar-refractivity contribution < 1.29 is 9.59 Å². The van der Waals surface area contributed by atoms with Gasteiger partial charge in [0, 0.05) is 17.6 Å². The lowest BCUT2D eigenvalue weighted by molar-refractivity contribution is -0.135. The van der Waals surface area contributed by atoms with Gasteiger partial charge in [-0.05, 0) is 20.3 Å². The molecule has 2 saturated heterocycles. The molecule has 3 rings (SSSR count). The molecule has 3 heterocycles. The van der Waals surface area contributed by atoms with Crippen LogP contribution in [0, 0.1) is 6.92 Å². The van der Waals surface area contributed by atoms with E-state index in [0.717, 1.165) is 12.1 Å². The molecule has 0 aromatic carbocycles. The number of anilines is 1. The molecule has 5 nitrogen and oxygen atoms in total. The number of aromatic nitrogens is 1. The molecule has 0 saturated carbocycles. The zero-order valence-corrected chi connectivity index (χ0v) is 12.4. The molecular formula is C12H15N3O2S2. The summed E-state index contributed by atoms with van der Waals surface area (Å²) in [5.74, 6) is 0.627. The van der Waals surface area contributed by atoms with Crippen molar-refractivity contribution >= 4 is 40.0 Å². The van der Waals surface area contributed by atoms with Gasteiger partial charge in [-0.1, -0.05) is 0 Å². The second kappa shape index (κ2) is 4.49. The van der Waals surface area contributed by atoms with Gasteiger partial charge in [-0.15, -0.1) is 23.1 Å². The number of carbonyl (C=O) groups excluding carboxylic acids is 2. The lowest BCUT2D eigenvalue weighted by Crippen LogP contribution is -2.48. The van der Waals surface area contributed by atoms with Gasteiger partial charge in [-0.2, -0.15) is 0 Å². The van der Waals surface area contributed by atoms with Crippen molar-refractivity contribution in [3.63, 3.8) is 0 Å². The summed E-state index contributed by atoms with van der Waals surface area (Å²) in [5, 5.41) is 5.31. The van der Waals surface area contributed by atoms with Crippen molar-refractivity contribution in [2.45, 2.75) is 37.6 Å². The average Bonchev–Trinajstić information content (AvgIpc) is 2.97. The van der Waals surface area contributed by atoms with Crippen molar-refractivity contribution in [3.8, 4) is 0 Å². The Morgan fingerprint density at radius 3 is 3.11 bits per heavy atom. The zero-order valence-electron chi connectivity index (χ0n) is 10.8. The van der Waals surface area contributed by atoms with Crippen LogP contribution in [0.3, 0.4) is 0 Å². The zero-order chi connectivity index (χ0) is 13.6. The third-order valence-corrected chi connectivity index (χ3v) is 5.98. The molecule has 0 aliphatic carbocycles. The van der Waals surface area contributed by atoms with E-state index in [-0.39, 0.29) is 22.7 Å². The number of nitrogens with one attached hydrogen (secondary N) is 1. The first-order chi connectivity index (χ1) is 8.99. The molecule has 2 aliphatic rings. The van der Waals surface area contributed by atoms with E-state index in [9.17, 15) is 9.59 Å². The van der Waals surface area contributed by atoms with E-state index in [0.29, 0.717) is 17.3 Å².